The van der Waals surface area contributed by atoms with Crippen LogP contribution in [0.2, 0.25) is 0 Å². The molecule has 0 N–H and O–H groups in total. The van der Waals surface area contributed by atoms with Crippen molar-refractivity contribution in [3.8, 4) is 5.75 Å². The Morgan fingerprint density at radius 3 is 2.20 bits per heavy atom. The molecule has 0 amide bonds. The molecule has 1 heterocycles. The fraction of sp³-hybridized carbons (Fsp3) is 0.409. The number of carbonyl (C=O) groups is 1. The summed E-state index contributed by atoms with van der Waals surface area (Å²) in [5.41, 5.74) is 1.86. The van der Waals surface area contributed by atoms with Crippen molar-refractivity contribution in [2.75, 3.05) is 26.7 Å². The topological polar surface area (TPSA) is 29.5 Å². The molecular formula is C22H27NO2. The van der Waals surface area contributed by atoms with Gasteiger partial charge in [0.15, 0.2) is 5.78 Å². The quantitative estimate of drug-likeness (QED) is 0.725. The van der Waals surface area contributed by atoms with Gasteiger partial charge in [-0.2, -0.15) is 0 Å². The Morgan fingerprint density at radius 1 is 0.960 bits per heavy atom. The number of carbonyl (C=O) groups excluding carboxylic acids is 1. The molecule has 1 saturated heterocycles. The van der Waals surface area contributed by atoms with E-state index in [9.17, 15) is 4.79 Å². The van der Waals surface area contributed by atoms with E-state index >= 15 is 0 Å². The molecule has 1 aliphatic heterocycles. The lowest BCUT2D eigenvalue weighted by Gasteiger charge is -2.26. The van der Waals surface area contributed by atoms with Gasteiger partial charge in [-0.25, -0.2) is 0 Å². The van der Waals surface area contributed by atoms with E-state index < -0.39 is 0 Å². The Labute approximate surface area is 150 Å². The summed E-state index contributed by atoms with van der Waals surface area (Å²) >= 11 is 0. The summed E-state index contributed by atoms with van der Waals surface area (Å²) in [7, 11) is 1.64. The SMILES string of the molecule is COc1ccc(C(=O)C(CN2CCCCCC2)c2ccccc2)cc1. The van der Waals surface area contributed by atoms with Gasteiger partial charge >= 0.3 is 0 Å². The summed E-state index contributed by atoms with van der Waals surface area (Å²) in [5.74, 6) is 0.853. The number of nitrogens with zero attached hydrogens (tertiary/aromatic N) is 1. The van der Waals surface area contributed by atoms with E-state index in [2.05, 4.69) is 17.0 Å². The first kappa shape index (κ1) is 17.7. The maximum atomic E-state index is 13.2. The number of ketones is 1. The first-order valence-corrected chi connectivity index (χ1v) is 9.23. The van der Waals surface area contributed by atoms with Gasteiger partial charge in [-0.05, 0) is 55.8 Å². The molecule has 2 aromatic carbocycles. The lowest BCUT2D eigenvalue weighted by atomic mass is 9.90. The Balaban J connectivity index is 1.83. The zero-order valence-corrected chi connectivity index (χ0v) is 15.0. The molecule has 0 bridgehead atoms. The van der Waals surface area contributed by atoms with Crippen LogP contribution in [-0.4, -0.2) is 37.4 Å². The number of Topliss-reactive ketones (excluding diaryl/α,β-unsaturated/α-hetero) is 1. The predicted molar refractivity (Wildman–Crippen MR) is 101 cm³/mol. The van der Waals surface area contributed by atoms with Gasteiger partial charge < -0.3 is 9.64 Å². The first-order valence-electron chi connectivity index (χ1n) is 9.23. The molecule has 0 spiro atoms. The van der Waals surface area contributed by atoms with E-state index in [1.165, 1.54) is 25.7 Å². The third kappa shape index (κ3) is 4.70. The van der Waals surface area contributed by atoms with Crippen molar-refractivity contribution >= 4 is 5.78 Å². The van der Waals surface area contributed by atoms with Gasteiger partial charge in [-0.3, -0.25) is 4.79 Å². The van der Waals surface area contributed by atoms with Crippen LogP contribution >= 0.6 is 0 Å². The van der Waals surface area contributed by atoms with Gasteiger partial charge in [0, 0.05) is 12.1 Å². The van der Waals surface area contributed by atoms with Crippen LogP contribution in [0.5, 0.6) is 5.75 Å². The molecule has 0 aliphatic carbocycles. The van der Waals surface area contributed by atoms with Crippen LogP contribution in [0, 0.1) is 0 Å². The van der Waals surface area contributed by atoms with Crippen LogP contribution in [0.4, 0.5) is 0 Å². The maximum Gasteiger partial charge on any atom is 0.171 e. The number of ether oxygens (including phenoxy) is 1. The summed E-state index contributed by atoms with van der Waals surface area (Å²) in [6.07, 6.45) is 5.08. The highest BCUT2D eigenvalue weighted by Gasteiger charge is 2.25. The molecule has 1 aliphatic rings. The predicted octanol–water partition coefficient (Wildman–Crippen LogP) is 4.54. The molecule has 1 fully saturated rings. The van der Waals surface area contributed by atoms with Crippen molar-refractivity contribution in [1.82, 2.24) is 4.90 Å². The van der Waals surface area contributed by atoms with Crippen LogP contribution in [0.3, 0.4) is 0 Å². The highest BCUT2D eigenvalue weighted by atomic mass is 16.5. The second-order valence-electron chi connectivity index (χ2n) is 6.77. The second kappa shape index (κ2) is 8.82. The molecule has 1 unspecified atom stereocenters. The Hall–Kier alpha value is -2.13. The average molecular weight is 337 g/mol. The summed E-state index contributed by atoms with van der Waals surface area (Å²) in [4.78, 5) is 15.7. The second-order valence-corrected chi connectivity index (χ2v) is 6.77. The summed E-state index contributed by atoms with van der Waals surface area (Å²) in [5, 5.41) is 0. The lowest BCUT2D eigenvalue weighted by Crippen LogP contribution is -2.33. The van der Waals surface area contributed by atoms with Gasteiger partial charge in [0.25, 0.3) is 0 Å². The third-order valence-corrected chi connectivity index (χ3v) is 5.03. The Morgan fingerprint density at radius 2 is 1.60 bits per heavy atom. The normalized spacial score (nSPS) is 16.8. The van der Waals surface area contributed by atoms with Crippen molar-refractivity contribution in [1.29, 1.82) is 0 Å². The van der Waals surface area contributed by atoms with Crippen molar-refractivity contribution in [2.24, 2.45) is 0 Å². The van der Waals surface area contributed by atoms with Crippen LogP contribution in [0.25, 0.3) is 0 Å². The Kier molecular flexibility index (Phi) is 6.24. The average Bonchev–Trinajstić information content (AvgIpc) is 2.95. The number of hydrogen-bond acceptors (Lipinski definition) is 3. The van der Waals surface area contributed by atoms with E-state index in [-0.39, 0.29) is 11.7 Å². The molecule has 1 atom stereocenters. The van der Waals surface area contributed by atoms with Crippen LogP contribution < -0.4 is 4.74 Å². The number of likely N-dealkylation sites (tertiary alicyclic amines) is 1. The zero-order valence-electron chi connectivity index (χ0n) is 15.0. The minimum absolute atomic E-state index is 0.118. The van der Waals surface area contributed by atoms with Crippen LogP contribution in [-0.2, 0) is 0 Å². The van der Waals surface area contributed by atoms with Crippen LogP contribution in [0.15, 0.2) is 54.6 Å². The van der Waals surface area contributed by atoms with E-state index in [4.69, 9.17) is 4.74 Å². The van der Waals surface area contributed by atoms with Gasteiger partial charge in [-0.15, -0.1) is 0 Å². The van der Waals surface area contributed by atoms with Crippen molar-refractivity contribution in [3.63, 3.8) is 0 Å². The minimum atomic E-state index is -0.118. The monoisotopic (exact) mass is 337 g/mol. The molecule has 0 saturated carbocycles. The molecule has 3 rings (SSSR count). The summed E-state index contributed by atoms with van der Waals surface area (Å²) in [6, 6.07) is 17.7. The molecular weight excluding hydrogens is 310 g/mol. The molecule has 3 heteroatoms. The first-order chi connectivity index (χ1) is 12.3. The van der Waals surface area contributed by atoms with Crippen molar-refractivity contribution in [3.05, 3.63) is 65.7 Å². The van der Waals surface area contributed by atoms with Gasteiger partial charge in [-0.1, -0.05) is 43.2 Å². The molecule has 25 heavy (non-hydrogen) atoms. The molecule has 3 nitrogen and oxygen atoms in total. The smallest absolute Gasteiger partial charge is 0.171 e. The van der Waals surface area contributed by atoms with Crippen LogP contribution in [0.1, 0.15) is 47.5 Å². The minimum Gasteiger partial charge on any atom is -0.497 e. The van der Waals surface area contributed by atoms with Gasteiger partial charge in [0.05, 0.1) is 13.0 Å². The Bertz CT molecular complexity index is 658. The molecule has 0 aromatic heterocycles. The molecule has 0 radical (unpaired) electrons. The third-order valence-electron chi connectivity index (χ3n) is 5.03. The number of benzene rings is 2. The summed E-state index contributed by atoms with van der Waals surface area (Å²) in [6.45, 7) is 2.99. The van der Waals surface area contributed by atoms with Crippen molar-refractivity contribution in [2.45, 2.75) is 31.6 Å². The standard InChI is InChI=1S/C22H27NO2/c1-25-20-13-11-19(12-14-20)22(24)21(18-9-5-4-6-10-18)17-23-15-7-2-3-8-16-23/h4-6,9-14,21H,2-3,7-8,15-17H2,1H3. The maximum absolute atomic E-state index is 13.2. The number of hydrogen-bond donors (Lipinski definition) is 0. The molecule has 132 valence electrons. The number of rotatable bonds is 6. The van der Waals surface area contributed by atoms with Gasteiger partial charge in [0.1, 0.15) is 5.75 Å². The highest BCUT2D eigenvalue weighted by molar-refractivity contribution is 6.01. The highest BCUT2D eigenvalue weighted by Crippen LogP contribution is 2.25. The summed E-state index contributed by atoms with van der Waals surface area (Å²) < 4.78 is 5.21. The fourth-order valence-corrected chi connectivity index (χ4v) is 3.56. The molecule has 2 aromatic rings. The van der Waals surface area contributed by atoms with Gasteiger partial charge in [0.2, 0.25) is 0 Å². The van der Waals surface area contributed by atoms with E-state index in [0.29, 0.717) is 0 Å². The largest absolute Gasteiger partial charge is 0.497 e. The lowest BCUT2D eigenvalue weighted by molar-refractivity contribution is 0.0934. The van der Waals surface area contributed by atoms with E-state index in [1.807, 2.05) is 42.5 Å². The van der Waals surface area contributed by atoms with E-state index in [1.54, 1.807) is 7.11 Å². The zero-order chi connectivity index (χ0) is 17.5. The van der Waals surface area contributed by atoms with E-state index in [0.717, 1.165) is 36.5 Å². The number of methoxy groups -OCH3 is 1. The fourth-order valence-electron chi connectivity index (χ4n) is 3.56. The van der Waals surface area contributed by atoms with Crippen molar-refractivity contribution < 1.29 is 9.53 Å².